The Morgan fingerprint density at radius 2 is 1.94 bits per heavy atom. The number of nitrogens with zero attached hydrogens (tertiary/aromatic N) is 2. The number of aryl methyl sites for hydroxylation is 1. The number of carboxylic acid groups (broad SMARTS) is 1. The molecule has 1 aliphatic heterocycles. The lowest BCUT2D eigenvalue weighted by Gasteiger charge is -2.26. The van der Waals surface area contributed by atoms with Gasteiger partial charge in [-0.15, -0.1) is 0 Å². The van der Waals surface area contributed by atoms with Gasteiger partial charge in [0.05, 0.1) is 20.4 Å². The summed E-state index contributed by atoms with van der Waals surface area (Å²) in [5.74, 6) is -0.182. The Bertz CT molecular complexity index is 1230. The van der Waals surface area contributed by atoms with Crippen molar-refractivity contribution >= 4 is 23.4 Å². The number of anilines is 2. The molecule has 0 bridgehead atoms. The molecule has 1 aromatic heterocycles. The number of hydrogen-bond donors (Lipinski definition) is 3. The number of methoxy groups -OCH3 is 2. The van der Waals surface area contributed by atoms with Gasteiger partial charge < -0.3 is 25.2 Å². The van der Waals surface area contributed by atoms with Gasteiger partial charge in [-0.1, -0.05) is 18.2 Å². The third-order valence-electron chi connectivity index (χ3n) is 5.26. The lowest BCUT2D eigenvalue weighted by atomic mass is 10.0. The van der Waals surface area contributed by atoms with Crippen molar-refractivity contribution in [1.29, 1.82) is 0 Å². The van der Waals surface area contributed by atoms with Gasteiger partial charge in [0.25, 0.3) is 5.91 Å². The lowest BCUT2D eigenvalue weighted by Crippen LogP contribution is -2.26. The molecule has 3 aromatic rings. The van der Waals surface area contributed by atoms with E-state index in [0.717, 1.165) is 5.56 Å². The highest BCUT2D eigenvalue weighted by molar-refractivity contribution is 6.08. The van der Waals surface area contributed by atoms with Crippen LogP contribution in [0.25, 0.3) is 0 Å². The molecule has 0 radical (unpaired) electrons. The SMILES string of the molecule is COc1ccc(OC)c([C@H]2C=C(C(=O)O)Nc3c(C(=O)Nc4ccccc4C)cnn32)c1. The molecule has 2 aromatic carbocycles. The van der Waals surface area contributed by atoms with Crippen molar-refractivity contribution in [2.24, 2.45) is 0 Å². The molecule has 1 atom stereocenters. The van der Waals surface area contributed by atoms with Crippen LogP contribution in [0.15, 0.2) is 60.4 Å². The highest BCUT2D eigenvalue weighted by Crippen LogP contribution is 2.38. The van der Waals surface area contributed by atoms with Gasteiger partial charge in [-0.2, -0.15) is 5.10 Å². The van der Waals surface area contributed by atoms with Crippen molar-refractivity contribution in [2.45, 2.75) is 13.0 Å². The number of aromatic nitrogens is 2. The van der Waals surface area contributed by atoms with Crippen molar-refractivity contribution in [3.05, 3.63) is 77.1 Å². The fourth-order valence-corrected chi connectivity index (χ4v) is 3.58. The van der Waals surface area contributed by atoms with Gasteiger partial charge in [-0.05, 0) is 42.8 Å². The third-order valence-corrected chi connectivity index (χ3v) is 5.26. The number of amides is 1. The van der Waals surface area contributed by atoms with Crippen molar-refractivity contribution in [3.63, 3.8) is 0 Å². The van der Waals surface area contributed by atoms with Gasteiger partial charge in [0.1, 0.15) is 34.6 Å². The Morgan fingerprint density at radius 3 is 2.62 bits per heavy atom. The molecule has 3 N–H and O–H groups in total. The summed E-state index contributed by atoms with van der Waals surface area (Å²) in [5, 5.41) is 19.7. The average Bonchev–Trinajstić information content (AvgIpc) is 3.23. The van der Waals surface area contributed by atoms with Gasteiger partial charge >= 0.3 is 5.97 Å². The number of carboxylic acids is 1. The van der Waals surface area contributed by atoms with E-state index >= 15 is 0 Å². The summed E-state index contributed by atoms with van der Waals surface area (Å²) >= 11 is 0. The lowest BCUT2D eigenvalue weighted by molar-refractivity contribution is -0.132. The first-order chi connectivity index (χ1) is 15.4. The number of nitrogens with one attached hydrogen (secondary N) is 2. The van der Waals surface area contributed by atoms with Gasteiger partial charge in [0.15, 0.2) is 0 Å². The first-order valence-corrected chi connectivity index (χ1v) is 9.81. The molecule has 1 aliphatic rings. The molecule has 164 valence electrons. The minimum absolute atomic E-state index is 0.0715. The molecule has 9 nitrogen and oxygen atoms in total. The third kappa shape index (κ3) is 3.76. The van der Waals surface area contributed by atoms with E-state index in [0.29, 0.717) is 22.7 Å². The van der Waals surface area contributed by atoms with Crippen LogP contribution in [0.2, 0.25) is 0 Å². The number of ether oxygens (including phenoxy) is 2. The molecule has 0 spiro atoms. The summed E-state index contributed by atoms with van der Waals surface area (Å²) in [6.07, 6.45) is 2.93. The normalized spacial score (nSPS) is 14.6. The summed E-state index contributed by atoms with van der Waals surface area (Å²) in [5.41, 5.74) is 2.35. The van der Waals surface area contributed by atoms with Crippen LogP contribution in [0.5, 0.6) is 11.5 Å². The molecule has 0 fully saturated rings. The fraction of sp³-hybridized carbons (Fsp3) is 0.174. The highest BCUT2D eigenvalue weighted by Gasteiger charge is 2.31. The Hall–Kier alpha value is -4.27. The number of carbonyl (C=O) groups is 2. The van der Waals surface area contributed by atoms with Crippen LogP contribution >= 0.6 is 0 Å². The zero-order valence-electron chi connectivity index (χ0n) is 17.7. The summed E-state index contributed by atoms with van der Waals surface area (Å²) in [6, 6.07) is 12.0. The minimum atomic E-state index is -1.16. The van der Waals surface area contributed by atoms with Gasteiger partial charge in [-0.25, -0.2) is 9.48 Å². The van der Waals surface area contributed by atoms with Crippen LogP contribution in [0.3, 0.4) is 0 Å². The number of fused-ring (bicyclic) bond motifs is 1. The number of carbonyl (C=O) groups excluding carboxylic acids is 1. The Labute approximate surface area is 184 Å². The Kier molecular flexibility index (Phi) is 5.55. The summed E-state index contributed by atoms with van der Waals surface area (Å²) in [6.45, 7) is 1.89. The quantitative estimate of drug-likeness (QED) is 0.544. The first kappa shape index (κ1) is 21.0. The van der Waals surface area contributed by atoms with Crippen LogP contribution in [-0.2, 0) is 4.79 Å². The molecule has 0 saturated carbocycles. The predicted molar refractivity (Wildman–Crippen MR) is 118 cm³/mol. The van der Waals surface area contributed by atoms with Gasteiger partial charge in [-0.3, -0.25) is 4.79 Å². The molecule has 2 heterocycles. The molecular formula is C23H22N4O5. The highest BCUT2D eigenvalue weighted by atomic mass is 16.5. The van der Waals surface area contributed by atoms with E-state index in [1.807, 2.05) is 25.1 Å². The van der Waals surface area contributed by atoms with E-state index in [2.05, 4.69) is 15.7 Å². The summed E-state index contributed by atoms with van der Waals surface area (Å²) in [7, 11) is 3.07. The second-order valence-corrected chi connectivity index (χ2v) is 7.18. The van der Waals surface area contributed by atoms with Crippen molar-refractivity contribution < 1.29 is 24.2 Å². The van der Waals surface area contributed by atoms with Crippen LogP contribution in [0, 0.1) is 6.92 Å². The Morgan fingerprint density at radius 1 is 1.16 bits per heavy atom. The summed E-state index contributed by atoms with van der Waals surface area (Å²) < 4.78 is 12.4. The minimum Gasteiger partial charge on any atom is -0.497 e. The van der Waals surface area contributed by atoms with Crippen molar-refractivity contribution in [1.82, 2.24) is 9.78 Å². The number of benzene rings is 2. The molecule has 9 heteroatoms. The standard InChI is InChI=1S/C23H22N4O5/c1-13-6-4-5-7-17(13)26-22(28)16-12-24-27-19(11-18(23(29)30)25-21(16)27)15-10-14(31-2)8-9-20(15)32-3/h4-12,19,25H,1-3H3,(H,26,28)(H,29,30)/t19-/m1/s1. The number of aliphatic carboxylic acids is 1. The van der Waals surface area contributed by atoms with E-state index in [1.165, 1.54) is 19.4 Å². The van der Waals surface area contributed by atoms with Crippen LogP contribution < -0.4 is 20.1 Å². The molecule has 1 amide bonds. The maximum atomic E-state index is 13.0. The van der Waals surface area contributed by atoms with E-state index in [4.69, 9.17) is 9.47 Å². The second-order valence-electron chi connectivity index (χ2n) is 7.18. The van der Waals surface area contributed by atoms with Gasteiger partial charge in [0.2, 0.25) is 0 Å². The largest absolute Gasteiger partial charge is 0.497 e. The number of rotatable bonds is 6. The zero-order chi connectivity index (χ0) is 22.8. The smallest absolute Gasteiger partial charge is 0.352 e. The molecule has 0 aliphatic carbocycles. The molecular weight excluding hydrogens is 412 g/mol. The zero-order valence-corrected chi connectivity index (χ0v) is 17.7. The molecule has 32 heavy (non-hydrogen) atoms. The van der Waals surface area contributed by atoms with E-state index in [-0.39, 0.29) is 17.1 Å². The second kappa shape index (κ2) is 8.46. The molecule has 4 rings (SSSR count). The van der Waals surface area contributed by atoms with Gasteiger partial charge in [0, 0.05) is 11.3 Å². The molecule has 0 saturated heterocycles. The van der Waals surface area contributed by atoms with Crippen molar-refractivity contribution in [2.75, 3.05) is 24.9 Å². The predicted octanol–water partition coefficient (Wildman–Crippen LogP) is 3.44. The van der Waals surface area contributed by atoms with Crippen molar-refractivity contribution in [3.8, 4) is 11.5 Å². The monoisotopic (exact) mass is 434 g/mol. The molecule has 0 unspecified atom stereocenters. The maximum Gasteiger partial charge on any atom is 0.352 e. The van der Waals surface area contributed by atoms with Crippen LogP contribution in [0.1, 0.15) is 27.5 Å². The first-order valence-electron chi connectivity index (χ1n) is 9.81. The number of allylic oxidation sites excluding steroid dienone is 1. The fourth-order valence-electron chi connectivity index (χ4n) is 3.58. The number of hydrogen-bond acceptors (Lipinski definition) is 6. The maximum absolute atomic E-state index is 13.0. The average molecular weight is 434 g/mol. The Balaban J connectivity index is 1.79. The number of para-hydroxylation sites is 1. The van der Waals surface area contributed by atoms with E-state index < -0.39 is 17.9 Å². The van der Waals surface area contributed by atoms with Crippen LogP contribution in [-0.4, -0.2) is 41.0 Å². The van der Waals surface area contributed by atoms with Crippen LogP contribution in [0.4, 0.5) is 11.5 Å². The van der Waals surface area contributed by atoms with E-state index in [9.17, 15) is 14.7 Å². The topological polar surface area (TPSA) is 115 Å². The summed E-state index contributed by atoms with van der Waals surface area (Å²) in [4.78, 5) is 24.9. The van der Waals surface area contributed by atoms with E-state index in [1.54, 1.807) is 36.1 Å².